The Hall–Kier alpha value is -1.61. The summed E-state index contributed by atoms with van der Waals surface area (Å²) < 4.78 is 32.3. The van der Waals surface area contributed by atoms with Gasteiger partial charge in [-0.05, 0) is 31.0 Å². The van der Waals surface area contributed by atoms with Gasteiger partial charge in [0.1, 0.15) is 5.75 Å². The quantitative estimate of drug-likeness (QED) is 0.714. The van der Waals surface area contributed by atoms with Crippen LogP contribution in [-0.4, -0.2) is 6.61 Å². The Morgan fingerprint density at radius 3 is 2.60 bits per heavy atom. The second-order valence-electron chi connectivity index (χ2n) is 4.36. The number of para-hydroxylation sites is 1. The Kier molecular flexibility index (Phi) is 4.96. The minimum absolute atomic E-state index is 0.204. The summed E-state index contributed by atoms with van der Waals surface area (Å²) in [6, 6.07) is 11.4. The van der Waals surface area contributed by atoms with Gasteiger partial charge in [0, 0.05) is 5.56 Å². The van der Waals surface area contributed by atoms with Crippen molar-refractivity contribution in [2.45, 2.75) is 18.7 Å². The summed E-state index contributed by atoms with van der Waals surface area (Å²) in [6.07, 6.45) is 0.204. The monoisotopic (exact) mass is 296 g/mol. The fourth-order valence-corrected chi connectivity index (χ4v) is 2.38. The number of ether oxygens (including phenoxy) is 1. The van der Waals surface area contributed by atoms with Crippen molar-refractivity contribution in [2.75, 3.05) is 6.61 Å². The molecule has 0 saturated carbocycles. The van der Waals surface area contributed by atoms with Crippen molar-refractivity contribution in [3.63, 3.8) is 0 Å². The van der Waals surface area contributed by atoms with Crippen LogP contribution >= 0.6 is 11.6 Å². The van der Waals surface area contributed by atoms with E-state index in [9.17, 15) is 8.78 Å². The molecule has 0 heterocycles. The van der Waals surface area contributed by atoms with Gasteiger partial charge in [0.25, 0.3) is 0 Å². The molecule has 0 amide bonds. The van der Waals surface area contributed by atoms with E-state index in [1.807, 2.05) is 31.2 Å². The van der Waals surface area contributed by atoms with Crippen LogP contribution in [-0.2, 0) is 6.42 Å². The Morgan fingerprint density at radius 2 is 1.85 bits per heavy atom. The van der Waals surface area contributed by atoms with Crippen LogP contribution < -0.4 is 4.74 Å². The Labute approximate surface area is 122 Å². The zero-order chi connectivity index (χ0) is 14.5. The van der Waals surface area contributed by atoms with Crippen molar-refractivity contribution in [1.29, 1.82) is 0 Å². The van der Waals surface area contributed by atoms with E-state index in [0.29, 0.717) is 12.4 Å². The maximum Gasteiger partial charge on any atom is 0.162 e. The van der Waals surface area contributed by atoms with Gasteiger partial charge in [-0.25, -0.2) is 8.78 Å². The average molecular weight is 297 g/mol. The van der Waals surface area contributed by atoms with Crippen LogP contribution in [0.4, 0.5) is 8.78 Å². The molecule has 0 aromatic heterocycles. The van der Waals surface area contributed by atoms with Gasteiger partial charge >= 0.3 is 0 Å². The minimum atomic E-state index is -0.857. The molecule has 0 spiro atoms. The SMILES string of the molecule is CCOc1ccccc1C(Cl)Cc1cccc(F)c1F. The van der Waals surface area contributed by atoms with Crippen molar-refractivity contribution in [1.82, 2.24) is 0 Å². The van der Waals surface area contributed by atoms with Crippen LogP contribution in [0.15, 0.2) is 42.5 Å². The molecular weight excluding hydrogens is 282 g/mol. The van der Waals surface area contributed by atoms with E-state index in [0.717, 1.165) is 11.6 Å². The molecule has 0 aliphatic rings. The lowest BCUT2D eigenvalue weighted by Gasteiger charge is -2.15. The molecule has 4 heteroatoms. The highest BCUT2D eigenvalue weighted by Crippen LogP contribution is 2.33. The van der Waals surface area contributed by atoms with Gasteiger partial charge in [0.2, 0.25) is 0 Å². The molecule has 0 aliphatic carbocycles. The lowest BCUT2D eigenvalue weighted by atomic mass is 10.0. The predicted octanol–water partition coefficient (Wildman–Crippen LogP) is 4.89. The molecule has 0 radical (unpaired) electrons. The maximum atomic E-state index is 13.7. The molecule has 0 N–H and O–H groups in total. The average Bonchev–Trinajstić information content (AvgIpc) is 2.45. The van der Waals surface area contributed by atoms with Gasteiger partial charge in [0.05, 0.1) is 12.0 Å². The Morgan fingerprint density at radius 1 is 1.10 bits per heavy atom. The van der Waals surface area contributed by atoms with Crippen LogP contribution in [0.2, 0.25) is 0 Å². The summed E-state index contributed by atoms with van der Waals surface area (Å²) in [5.41, 5.74) is 1.04. The van der Waals surface area contributed by atoms with Crippen molar-refractivity contribution >= 4 is 11.6 Å². The zero-order valence-electron chi connectivity index (χ0n) is 11.1. The molecule has 1 atom stereocenters. The number of alkyl halides is 1. The summed E-state index contributed by atoms with van der Waals surface area (Å²) in [4.78, 5) is 0. The van der Waals surface area contributed by atoms with Crippen LogP contribution in [0.25, 0.3) is 0 Å². The van der Waals surface area contributed by atoms with E-state index in [4.69, 9.17) is 16.3 Å². The summed E-state index contributed by atoms with van der Waals surface area (Å²) in [7, 11) is 0. The van der Waals surface area contributed by atoms with Gasteiger partial charge in [-0.1, -0.05) is 30.3 Å². The Bertz CT molecular complexity index is 586. The van der Waals surface area contributed by atoms with Crippen molar-refractivity contribution in [3.05, 3.63) is 65.2 Å². The van der Waals surface area contributed by atoms with Gasteiger partial charge in [-0.3, -0.25) is 0 Å². The third kappa shape index (κ3) is 3.28. The predicted molar refractivity (Wildman–Crippen MR) is 76.3 cm³/mol. The molecule has 20 heavy (non-hydrogen) atoms. The highest BCUT2D eigenvalue weighted by Gasteiger charge is 2.17. The van der Waals surface area contributed by atoms with Gasteiger partial charge in [0.15, 0.2) is 11.6 Å². The minimum Gasteiger partial charge on any atom is -0.494 e. The number of hydrogen-bond donors (Lipinski definition) is 0. The summed E-state index contributed by atoms with van der Waals surface area (Å²) in [5.74, 6) is -1.02. The van der Waals surface area contributed by atoms with E-state index in [1.54, 1.807) is 0 Å². The van der Waals surface area contributed by atoms with Crippen LogP contribution in [0.3, 0.4) is 0 Å². The summed E-state index contributed by atoms with van der Waals surface area (Å²) in [5, 5.41) is -0.478. The lowest BCUT2D eigenvalue weighted by molar-refractivity contribution is 0.336. The highest BCUT2D eigenvalue weighted by atomic mass is 35.5. The molecule has 0 fully saturated rings. The number of rotatable bonds is 5. The fourth-order valence-electron chi connectivity index (χ4n) is 2.04. The topological polar surface area (TPSA) is 9.23 Å². The smallest absolute Gasteiger partial charge is 0.162 e. The third-order valence-corrected chi connectivity index (χ3v) is 3.38. The van der Waals surface area contributed by atoms with E-state index in [1.165, 1.54) is 12.1 Å². The number of halogens is 3. The van der Waals surface area contributed by atoms with Gasteiger partial charge in [-0.15, -0.1) is 11.6 Å². The van der Waals surface area contributed by atoms with Gasteiger partial charge in [-0.2, -0.15) is 0 Å². The third-order valence-electron chi connectivity index (χ3n) is 2.99. The Balaban J connectivity index is 2.24. The largest absolute Gasteiger partial charge is 0.494 e. The van der Waals surface area contributed by atoms with E-state index in [2.05, 4.69) is 0 Å². The molecule has 1 unspecified atom stereocenters. The molecule has 106 valence electrons. The highest BCUT2D eigenvalue weighted by molar-refractivity contribution is 6.21. The first-order chi connectivity index (χ1) is 9.63. The molecule has 2 rings (SSSR count). The standard InChI is InChI=1S/C16H15ClF2O/c1-2-20-15-9-4-3-7-12(15)13(17)10-11-6-5-8-14(18)16(11)19/h3-9,13H,2,10H2,1H3. The summed E-state index contributed by atoms with van der Waals surface area (Å²) in [6.45, 7) is 2.40. The molecule has 2 aromatic rings. The number of hydrogen-bond acceptors (Lipinski definition) is 1. The van der Waals surface area contributed by atoms with E-state index in [-0.39, 0.29) is 12.0 Å². The first kappa shape index (κ1) is 14.8. The van der Waals surface area contributed by atoms with Gasteiger partial charge < -0.3 is 4.74 Å². The fraction of sp³-hybridized carbons (Fsp3) is 0.250. The molecular formula is C16H15ClF2O. The second-order valence-corrected chi connectivity index (χ2v) is 4.88. The van der Waals surface area contributed by atoms with Crippen LogP contribution in [0.5, 0.6) is 5.75 Å². The maximum absolute atomic E-state index is 13.7. The first-order valence-corrected chi connectivity index (χ1v) is 6.85. The lowest BCUT2D eigenvalue weighted by Crippen LogP contribution is -2.03. The molecule has 0 aliphatic heterocycles. The molecule has 1 nitrogen and oxygen atoms in total. The molecule has 0 bridgehead atoms. The normalized spacial score (nSPS) is 12.2. The van der Waals surface area contributed by atoms with E-state index < -0.39 is 17.0 Å². The summed E-state index contributed by atoms with van der Waals surface area (Å²) >= 11 is 6.34. The van der Waals surface area contributed by atoms with Crippen molar-refractivity contribution in [3.8, 4) is 5.75 Å². The second kappa shape index (κ2) is 6.71. The molecule has 0 saturated heterocycles. The first-order valence-electron chi connectivity index (χ1n) is 6.42. The van der Waals surface area contributed by atoms with Crippen molar-refractivity contribution in [2.24, 2.45) is 0 Å². The van der Waals surface area contributed by atoms with Crippen LogP contribution in [0.1, 0.15) is 23.4 Å². The zero-order valence-corrected chi connectivity index (χ0v) is 11.8. The van der Waals surface area contributed by atoms with Crippen molar-refractivity contribution < 1.29 is 13.5 Å². The molecule has 2 aromatic carbocycles. The number of benzene rings is 2. The van der Waals surface area contributed by atoms with E-state index >= 15 is 0 Å². The van der Waals surface area contributed by atoms with Crippen LogP contribution in [0, 0.1) is 11.6 Å².